The Kier molecular flexibility index (Phi) is 4.49. The number of anilines is 1. The lowest BCUT2D eigenvalue weighted by Gasteiger charge is -2.25. The van der Waals surface area contributed by atoms with Crippen molar-refractivity contribution in [1.29, 1.82) is 0 Å². The summed E-state index contributed by atoms with van der Waals surface area (Å²) in [4.78, 5) is 4.28. The Hall–Kier alpha value is -0.960. The minimum Gasteiger partial charge on any atom is -0.493 e. The number of nitrogens with one attached hydrogen (secondary N) is 1. The molecule has 1 aromatic rings. The summed E-state index contributed by atoms with van der Waals surface area (Å²) < 4.78 is 5.26. The Morgan fingerprint density at radius 3 is 3.18 bits per heavy atom. The average molecular weight is 255 g/mol. The lowest BCUT2D eigenvalue weighted by Crippen LogP contribution is -2.22. The molecule has 0 aliphatic heterocycles. The maximum Gasteiger partial charge on any atom is 0.168 e. The van der Waals surface area contributed by atoms with Crippen molar-refractivity contribution in [2.45, 2.75) is 31.1 Å². The largest absolute Gasteiger partial charge is 0.493 e. The molecular formula is C13H19ClN2O. The number of ether oxygens (including phenoxy) is 1. The summed E-state index contributed by atoms with van der Waals surface area (Å²) in [5.74, 6) is 2.27. The van der Waals surface area contributed by atoms with Crippen molar-refractivity contribution in [2.75, 3.05) is 19.0 Å². The molecule has 4 heteroatoms. The fourth-order valence-electron chi connectivity index (χ4n) is 2.34. The number of hydrogen-bond acceptors (Lipinski definition) is 3. The van der Waals surface area contributed by atoms with Crippen LogP contribution in [0, 0.1) is 5.92 Å². The van der Waals surface area contributed by atoms with Crippen LogP contribution in [-0.4, -0.2) is 24.0 Å². The summed E-state index contributed by atoms with van der Waals surface area (Å²) in [5, 5.41) is 3.71. The van der Waals surface area contributed by atoms with E-state index in [1.54, 1.807) is 13.3 Å². The van der Waals surface area contributed by atoms with E-state index >= 15 is 0 Å². The van der Waals surface area contributed by atoms with Gasteiger partial charge in [-0.25, -0.2) is 4.98 Å². The highest BCUT2D eigenvalue weighted by Crippen LogP contribution is 2.28. The second kappa shape index (κ2) is 6.10. The van der Waals surface area contributed by atoms with E-state index in [1.807, 2.05) is 12.1 Å². The highest BCUT2D eigenvalue weighted by molar-refractivity contribution is 6.20. The zero-order chi connectivity index (χ0) is 12.1. The van der Waals surface area contributed by atoms with Crippen molar-refractivity contribution in [2.24, 2.45) is 5.92 Å². The molecule has 1 aliphatic carbocycles. The fourth-order valence-corrected chi connectivity index (χ4v) is 2.75. The van der Waals surface area contributed by atoms with E-state index in [0.717, 1.165) is 31.0 Å². The van der Waals surface area contributed by atoms with Gasteiger partial charge in [-0.2, -0.15) is 0 Å². The first-order chi connectivity index (χ1) is 8.29. The molecule has 0 amide bonds. The van der Waals surface area contributed by atoms with Gasteiger partial charge < -0.3 is 10.1 Å². The van der Waals surface area contributed by atoms with Crippen LogP contribution in [0.1, 0.15) is 25.7 Å². The van der Waals surface area contributed by atoms with E-state index in [-0.39, 0.29) is 0 Å². The molecule has 0 aromatic carbocycles. The number of alkyl halides is 1. The molecule has 1 fully saturated rings. The van der Waals surface area contributed by atoms with Gasteiger partial charge in [-0.15, -0.1) is 11.6 Å². The first-order valence-corrected chi connectivity index (χ1v) is 6.60. The Morgan fingerprint density at radius 1 is 1.53 bits per heavy atom. The maximum absolute atomic E-state index is 6.18. The molecular weight excluding hydrogens is 236 g/mol. The van der Waals surface area contributed by atoms with Crippen LogP contribution in [0.2, 0.25) is 0 Å². The zero-order valence-corrected chi connectivity index (χ0v) is 10.9. The van der Waals surface area contributed by atoms with E-state index in [2.05, 4.69) is 10.3 Å². The third kappa shape index (κ3) is 3.50. The smallest absolute Gasteiger partial charge is 0.168 e. The van der Waals surface area contributed by atoms with Gasteiger partial charge in [0.1, 0.15) is 0 Å². The molecule has 0 saturated heterocycles. The Balaban J connectivity index is 1.88. The molecule has 1 aliphatic rings. The van der Waals surface area contributed by atoms with Crippen LogP contribution in [0.5, 0.6) is 5.75 Å². The number of hydrogen-bond donors (Lipinski definition) is 1. The highest BCUT2D eigenvalue weighted by Gasteiger charge is 2.20. The zero-order valence-electron chi connectivity index (χ0n) is 10.2. The molecule has 17 heavy (non-hydrogen) atoms. The quantitative estimate of drug-likeness (QED) is 0.838. The molecule has 94 valence electrons. The van der Waals surface area contributed by atoms with Crippen LogP contribution in [0.15, 0.2) is 18.3 Å². The second-order valence-corrected chi connectivity index (χ2v) is 5.18. The van der Waals surface area contributed by atoms with Crippen LogP contribution >= 0.6 is 11.6 Å². The van der Waals surface area contributed by atoms with Crippen LogP contribution in [0.4, 0.5) is 5.82 Å². The molecule has 1 heterocycles. The SMILES string of the molecule is COc1cccnc1NCC1CCCC(Cl)C1. The third-order valence-corrected chi connectivity index (χ3v) is 3.66. The number of rotatable bonds is 4. The first-order valence-electron chi connectivity index (χ1n) is 6.16. The predicted octanol–water partition coefficient (Wildman–Crippen LogP) is 3.30. The first kappa shape index (κ1) is 12.5. The van der Waals surface area contributed by atoms with Crippen LogP contribution in [0.25, 0.3) is 0 Å². The molecule has 0 bridgehead atoms. The number of aromatic nitrogens is 1. The molecule has 2 rings (SSSR count). The van der Waals surface area contributed by atoms with Gasteiger partial charge in [0.05, 0.1) is 7.11 Å². The van der Waals surface area contributed by atoms with Crippen LogP contribution in [-0.2, 0) is 0 Å². The Labute approximate surface area is 108 Å². The highest BCUT2D eigenvalue weighted by atomic mass is 35.5. The van der Waals surface area contributed by atoms with Gasteiger partial charge >= 0.3 is 0 Å². The van der Waals surface area contributed by atoms with Crippen molar-refractivity contribution in [3.8, 4) is 5.75 Å². The molecule has 2 unspecified atom stereocenters. The lowest BCUT2D eigenvalue weighted by atomic mass is 9.89. The minimum atomic E-state index is 0.348. The summed E-state index contributed by atoms with van der Waals surface area (Å²) in [6, 6.07) is 3.79. The van der Waals surface area contributed by atoms with Crippen LogP contribution < -0.4 is 10.1 Å². The van der Waals surface area contributed by atoms with Gasteiger partial charge in [0.25, 0.3) is 0 Å². The monoisotopic (exact) mass is 254 g/mol. The maximum atomic E-state index is 6.18. The summed E-state index contributed by atoms with van der Waals surface area (Å²) in [6.07, 6.45) is 6.52. The topological polar surface area (TPSA) is 34.1 Å². The summed E-state index contributed by atoms with van der Waals surface area (Å²) in [7, 11) is 1.66. The third-order valence-electron chi connectivity index (χ3n) is 3.27. The van der Waals surface area contributed by atoms with E-state index in [1.165, 1.54) is 12.8 Å². The van der Waals surface area contributed by atoms with Crippen molar-refractivity contribution in [1.82, 2.24) is 4.98 Å². The molecule has 0 spiro atoms. The molecule has 3 nitrogen and oxygen atoms in total. The molecule has 2 atom stereocenters. The van der Waals surface area contributed by atoms with E-state index < -0.39 is 0 Å². The Morgan fingerprint density at radius 2 is 2.41 bits per heavy atom. The standard InChI is InChI=1S/C13H19ClN2O/c1-17-12-6-3-7-15-13(12)16-9-10-4-2-5-11(14)8-10/h3,6-7,10-11H,2,4-5,8-9H2,1H3,(H,15,16). The van der Waals surface area contributed by atoms with Gasteiger partial charge in [0.2, 0.25) is 0 Å². The molecule has 0 radical (unpaired) electrons. The summed E-state index contributed by atoms with van der Waals surface area (Å²) in [5.41, 5.74) is 0. The van der Waals surface area contributed by atoms with Crippen LogP contribution in [0.3, 0.4) is 0 Å². The van der Waals surface area contributed by atoms with Gasteiger partial charge in [0, 0.05) is 18.1 Å². The fraction of sp³-hybridized carbons (Fsp3) is 0.615. The lowest BCUT2D eigenvalue weighted by molar-refractivity contribution is 0.376. The van der Waals surface area contributed by atoms with E-state index in [0.29, 0.717) is 11.3 Å². The number of pyridine rings is 1. The second-order valence-electron chi connectivity index (χ2n) is 4.57. The van der Waals surface area contributed by atoms with E-state index in [9.17, 15) is 0 Å². The van der Waals surface area contributed by atoms with Crippen molar-refractivity contribution >= 4 is 17.4 Å². The summed E-state index contributed by atoms with van der Waals surface area (Å²) in [6.45, 7) is 0.927. The molecule has 1 N–H and O–H groups in total. The van der Waals surface area contributed by atoms with Gasteiger partial charge in [-0.1, -0.05) is 6.42 Å². The Bertz CT molecular complexity index is 359. The predicted molar refractivity (Wildman–Crippen MR) is 70.9 cm³/mol. The van der Waals surface area contributed by atoms with Crippen molar-refractivity contribution < 1.29 is 4.74 Å². The van der Waals surface area contributed by atoms with Crippen molar-refractivity contribution in [3.63, 3.8) is 0 Å². The number of methoxy groups -OCH3 is 1. The average Bonchev–Trinajstić information content (AvgIpc) is 2.37. The molecule has 1 aromatic heterocycles. The number of halogens is 1. The van der Waals surface area contributed by atoms with E-state index in [4.69, 9.17) is 16.3 Å². The number of nitrogens with zero attached hydrogens (tertiary/aromatic N) is 1. The van der Waals surface area contributed by atoms with Crippen molar-refractivity contribution in [3.05, 3.63) is 18.3 Å². The normalized spacial score (nSPS) is 24.4. The summed E-state index contributed by atoms with van der Waals surface area (Å²) >= 11 is 6.18. The van der Waals surface area contributed by atoms with Gasteiger partial charge in [-0.05, 0) is 37.3 Å². The van der Waals surface area contributed by atoms with Gasteiger partial charge in [0.15, 0.2) is 11.6 Å². The molecule has 1 saturated carbocycles. The minimum absolute atomic E-state index is 0.348. The van der Waals surface area contributed by atoms with Gasteiger partial charge in [-0.3, -0.25) is 0 Å².